The van der Waals surface area contributed by atoms with Crippen molar-refractivity contribution in [1.29, 1.82) is 0 Å². The summed E-state index contributed by atoms with van der Waals surface area (Å²) in [7, 11) is 0. The predicted molar refractivity (Wildman–Crippen MR) is 78.3 cm³/mol. The van der Waals surface area contributed by atoms with E-state index in [0.29, 0.717) is 5.69 Å². The molecule has 1 amide bonds. The number of aromatic nitrogens is 2. The maximum Gasteiger partial charge on any atom is 0.276 e. The van der Waals surface area contributed by atoms with Gasteiger partial charge in [0.15, 0.2) is 5.69 Å². The number of carbonyl (C=O) groups is 1. The van der Waals surface area contributed by atoms with E-state index in [1.54, 1.807) is 17.5 Å². The van der Waals surface area contributed by atoms with E-state index in [1.807, 2.05) is 10.3 Å². The number of likely N-dealkylation sites (tertiary alicyclic amines) is 1. The van der Waals surface area contributed by atoms with Crippen LogP contribution in [0.4, 0.5) is 0 Å². The van der Waals surface area contributed by atoms with Crippen molar-refractivity contribution in [2.45, 2.75) is 44.6 Å². The van der Waals surface area contributed by atoms with E-state index in [-0.39, 0.29) is 11.9 Å². The van der Waals surface area contributed by atoms with Crippen molar-refractivity contribution in [3.63, 3.8) is 0 Å². The Kier molecular flexibility index (Phi) is 3.25. The molecule has 0 bridgehead atoms. The average molecular weight is 303 g/mol. The van der Waals surface area contributed by atoms with E-state index in [9.17, 15) is 4.79 Å². The van der Waals surface area contributed by atoms with Crippen LogP contribution < -0.4 is 0 Å². The number of fused-ring (bicyclic) bond motifs is 1. The average Bonchev–Trinajstić information content (AvgIpc) is 3.25. The third-order valence-electron chi connectivity index (χ3n) is 4.40. The molecule has 1 aliphatic carbocycles. The molecule has 2 aromatic heterocycles. The molecule has 0 radical (unpaired) electrons. The van der Waals surface area contributed by atoms with Crippen molar-refractivity contribution in [2.75, 3.05) is 6.54 Å². The molecule has 2 aliphatic rings. The molecule has 1 unspecified atom stereocenters. The van der Waals surface area contributed by atoms with Crippen molar-refractivity contribution >= 4 is 17.2 Å². The summed E-state index contributed by atoms with van der Waals surface area (Å²) >= 11 is 1.62. The number of thiazole rings is 1. The molecule has 1 fully saturated rings. The lowest BCUT2D eigenvalue weighted by Crippen LogP contribution is -2.31. The van der Waals surface area contributed by atoms with Crippen molar-refractivity contribution < 1.29 is 9.32 Å². The number of rotatable bonds is 2. The summed E-state index contributed by atoms with van der Waals surface area (Å²) < 4.78 is 5.38. The molecule has 0 spiro atoms. The molecule has 1 saturated heterocycles. The minimum absolute atomic E-state index is 0.0135. The van der Waals surface area contributed by atoms with Crippen LogP contribution in [0.25, 0.3) is 0 Å². The number of carbonyl (C=O) groups excluding carboxylic acids is 1. The van der Waals surface area contributed by atoms with Crippen LogP contribution in [0.3, 0.4) is 0 Å². The summed E-state index contributed by atoms with van der Waals surface area (Å²) in [5, 5.41) is 7.07. The summed E-state index contributed by atoms with van der Waals surface area (Å²) in [4.78, 5) is 19.2. The second kappa shape index (κ2) is 5.26. The first-order chi connectivity index (χ1) is 10.3. The lowest BCUT2D eigenvalue weighted by molar-refractivity contribution is 0.0724. The van der Waals surface area contributed by atoms with Crippen LogP contribution in [-0.4, -0.2) is 27.5 Å². The minimum atomic E-state index is 0.0135. The van der Waals surface area contributed by atoms with E-state index in [2.05, 4.69) is 10.1 Å². The number of aryl methyl sites for hydroxylation is 1. The third kappa shape index (κ3) is 2.18. The summed E-state index contributed by atoms with van der Waals surface area (Å²) in [6.45, 7) is 0.782. The summed E-state index contributed by atoms with van der Waals surface area (Å²) in [5.41, 5.74) is 1.57. The third-order valence-corrected chi connectivity index (χ3v) is 5.28. The second-order valence-corrected chi connectivity index (χ2v) is 6.59. The molecule has 1 aliphatic heterocycles. The fraction of sp³-hybridized carbons (Fsp3) is 0.533. The minimum Gasteiger partial charge on any atom is -0.360 e. The van der Waals surface area contributed by atoms with Crippen LogP contribution in [0.2, 0.25) is 0 Å². The molecule has 2 aromatic rings. The second-order valence-electron chi connectivity index (χ2n) is 5.67. The highest BCUT2D eigenvalue weighted by atomic mass is 32.1. The van der Waals surface area contributed by atoms with Gasteiger partial charge in [0, 0.05) is 30.1 Å². The fourth-order valence-corrected chi connectivity index (χ4v) is 4.14. The fourth-order valence-electron chi connectivity index (χ4n) is 3.35. The first-order valence-electron chi connectivity index (χ1n) is 7.52. The molecule has 110 valence electrons. The van der Waals surface area contributed by atoms with Gasteiger partial charge >= 0.3 is 0 Å². The smallest absolute Gasteiger partial charge is 0.276 e. The lowest BCUT2D eigenvalue weighted by atomic mass is 9.96. The molecule has 0 aromatic carbocycles. The molecular weight excluding hydrogens is 286 g/mol. The number of hydrogen-bond donors (Lipinski definition) is 0. The van der Waals surface area contributed by atoms with Crippen molar-refractivity contribution in [3.8, 4) is 0 Å². The Morgan fingerprint density at radius 2 is 2.24 bits per heavy atom. The molecule has 21 heavy (non-hydrogen) atoms. The highest BCUT2D eigenvalue weighted by Crippen LogP contribution is 2.35. The standard InChI is InChI=1S/C15H17N3O2S/c19-15(13-10-4-1-2-6-12(10)20-17-13)18-8-3-5-11(18)14-16-7-9-21-14/h7,9,11H,1-6,8H2. The Labute approximate surface area is 127 Å². The molecule has 3 heterocycles. The van der Waals surface area contributed by atoms with Gasteiger partial charge < -0.3 is 9.42 Å². The number of amides is 1. The number of hydrogen-bond acceptors (Lipinski definition) is 5. The van der Waals surface area contributed by atoms with Crippen molar-refractivity contribution in [1.82, 2.24) is 15.0 Å². The molecule has 5 nitrogen and oxygen atoms in total. The summed E-state index contributed by atoms with van der Waals surface area (Å²) in [6, 6.07) is 0.105. The molecule has 0 N–H and O–H groups in total. The van der Waals surface area contributed by atoms with Gasteiger partial charge in [-0.2, -0.15) is 0 Å². The maximum absolute atomic E-state index is 12.9. The van der Waals surface area contributed by atoms with Gasteiger partial charge in [0.25, 0.3) is 5.91 Å². The zero-order chi connectivity index (χ0) is 14.2. The van der Waals surface area contributed by atoms with Gasteiger partial charge in [0.1, 0.15) is 10.8 Å². The zero-order valence-electron chi connectivity index (χ0n) is 11.7. The molecule has 1 atom stereocenters. The zero-order valence-corrected chi connectivity index (χ0v) is 12.6. The van der Waals surface area contributed by atoms with Crippen LogP contribution in [0.5, 0.6) is 0 Å². The first-order valence-corrected chi connectivity index (χ1v) is 8.40. The van der Waals surface area contributed by atoms with Crippen LogP contribution in [0, 0.1) is 0 Å². The molecule has 6 heteroatoms. The van der Waals surface area contributed by atoms with Crippen LogP contribution in [0.15, 0.2) is 16.1 Å². The normalized spacial score (nSPS) is 21.5. The quantitative estimate of drug-likeness (QED) is 0.855. The summed E-state index contributed by atoms with van der Waals surface area (Å²) in [6.07, 6.45) is 7.88. The monoisotopic (exact) mass is 303 g/mol. The van der Waals surface area contributed by atoms with Gasteiger partial charge in [-0.1, -0.05) is 5.16 Å². The van der Waals surface area contributed by atoms with Gasteiger partial charge in [-0.05, 0) is 32.1 Å². The Morgan fingerprint density at radius 3 is 3.10 bits per heavy atom. The van der Waals surface area contributed by atoms with Gasteiger partial charge in [0.2, 0.25) is 0 Å². The Morgan fingerprint density at radius 1 is 1.33 bits per heavy atom. The van der Waals surface area contributed by atoms with Gasteiger partial charge in [-0.25, -0.2) is 4.98 Å². The SMILES string of the molecule is O=C(c1noc2c1CCCC2)N1CCCC1c1nccs1. The van der Waals surface area contributed by atoms with Crippen LogP contribution in [0.1, 0.15) is 58.5 Å². The van der Waals surface area contributed by atoms with Gasteiger partial charge in [-0.15, -0.1) is 11.3 Å². The van der Waals surface area contributed by atoms with E-state index < -0.39 is 0 Å². The predicted octanol–water partition coefficient (Wildman–Crippen LogP) is 2.99. The van der Waals surface area contributed by atoms with Gasteiger partial charge in [-0.3, -0.25) is 4.79 Å². The Hall–Kier alpha value is -1.69. The van der Waals surface area contributed by atoms with Crippen molar-refractivity contribution in [2.24, 2.45) is 0 Å². The largest absolute Gasteiger partial charge is 0.360 e. The molecule has 4 rings (SSSR count). The molecular formula is C15H17N3O2S. The van der Waals surface area contributed by atoms with E-state index >= 15 is 0 Å². The van der Waals surface area contributed by atoms with E-state index in [0.717, 1.165) is 61.4 Å². The molecule has 0 saturated carbocycles. The van der Waals surface area contributed by atoms with Crippen molar-refractivity contribution in [3.05, 3.63) is 33.6 Å². The highest BCUT2D eigenvalue weighted by Gasteiger charge is 2.35. The topological polar surface area (TPSA) is 59.2 Å². The Bertz CT molecular complexity index is 650. The van der Waals surface area contributed by atoms with E-state index in [1.165, 1.54) is 0 Å². The number of nitrogens with zero attached hydrogens (tertiary/aromatic N) is 3. The van der Waals surface area contributed by atoms with Crippen LogP contribution in [-0.2, 0) is 12.8 Å². The first kappa shape index (κ1) is 13.0. The highest BCUT2D eigenvalue weighted by molar-refractivity contribution is 7.09. The van der Waals surface area contributed by atoms with E-state index in [4.69, 9.17) is 4.52 Å². The van der Waals surface area contributed by atoms with Crippen LogP contribution >= 0.6 is 11.3 Å². The van der Waals surface area contributed by atoms with Gasteiger partial charge in [0.05, 0.1) is 6.04 Å². The Balaban J connectivity index is 1.63. The summed E-state index contributed by atoms with van der Waals surface area (Å²) in [5.74, 6) is 0.925. The lowest BCUT2D eigenvalue weighted by Gasteiger charge is -2.22. The maximum atomic E-state index is 12.9.